The summed E-state index contributed by atoms with van der Waals surface area (Å²) >= 11 is 0. The van der Waals surface area contributed by atoms with Gasteiger partial charge in [-0.3, -0.25) is 4.79 Å². The van der Waals surface area contributed by atoms with Gasteiger partial charge in [-0.1, -0.05) is 32.9 Å². The molecule has 0 radical (unpaired) electrons. The van der Waals surface area contributed by atoms with E-state index in [4.69, 9.17) is 14.2 Å². The minimum atomic E-state index is -1.21. The van der Waals surface area contributed by atoms with E-state index in [1.807, 2.05) is 42.7 Å². The highest BCUT2D eigenvalue weighted by atomic mass is 16.5. The van der Waals surface area contributed by atoms with Gasteiger partial charge in [-0.25, -0.2) is 4.79 Å². The van der Waals surface area contributed by atoms with Gasteiger partial charge in [0.2, 0.25) is 0 Å². The van der Waals surface area contributed by atoms with Gasteiger partial charge in [-0.05, 0) is 61.1 Å². The predicted molar refractivity (Wildman–Crippen MR) is 148 cm³/mol. The number of aromatic nitrogens is 1. The monoisotopic (exact) mass is 519 g/mol. The second-order valence-electron chi connectivity index (χ2n) is 11.1. The number of carbonyl (C=O) groups is 1. The summed E-state index contributed by atoms with van der Waals surface area (Å²) in [6, 6.07) is 13.4. The van der Waals surface area contributed by atoms with Crippen molar-refractivity contribution in [1.29, 1.82) is 0 Å². The Morgan fingerprint density at radius 1 is 1.08 bits per heavy atom. The van der Waals surface area contributed by atoms with Crippen LogP contribution >= 0.6 is 0 Å². The molecular weight excluding hydrogens is 482 g/mol. The Hall–Kier alpha value is -3.58. The smallest absolute Gasteiger partial charge is 0.341 e. The zero-order chi connectivity index (χ0) is 27.6. The molecule has 0 spiro atoms. The van der Waals surface area contributed by atoms with Crippen LogP contribution in [0.1, 0.15) is 63.0 Å². The third-order valence-electron chi connectivity index (χ3n) is 6.83. The Bertz CT molecular complexity index is 1360. The minimum Gasteiger partial charge on any atom is -0.493 e. The molecule has 0 bridgehead atoms. The number of fused-ring (bicyclic) bond motifs is 3. The molecule has 7 heteroatoms. The highest BCUT2D eigenvalue weighted by molar-refractivity contribution is 5.88. The van der Waals surface area contributed by atoms with Crippen LogP contribution in [0.5, 0.6) is 11.5 Å². The summed E-state index contributed by atoms with van der Waals surface area (Å²) < 4.78 is 19.3. The second-order valence-corrected chi connectivity index (χ2v) is 11.1. The first-order valence-corrected chi connectivity index (χ1v) is 13.0. The predicted octanol–water partition coefficient (Wildman–Crippen LogP) is 6.23. The van der Waals surface area contributed by atoms with E-state index in [9.17, 15) is 14.7 Å². The van der Waals surface area contributed by atoms with Crippen molar-refractivity contribution in [2.75, 3.05) is 20.3 Å². The number of carboxylic acid groups (broad SMARTS) is 1. The Kier molecular flexibility index (Phi) is 7.97. The van der Waals surface area contributed by atoms with E-state index in [1.165, 1.54) is 12.3 Å². The van der Waals surface area contributed by atoms with Crippen LogP contribution in [0.2, 0.25) is 0 Å². The quantitative estimate of drug-likeness (QED) is 0.338. The molecule has 7 nitrogen and oxygen atoms in total. The van der Waals surface area contributed by atoms with Crippen LogP contribution in [0.4, 0.5) is 0 Å². The Balaban J connectivity index is 1.88. The molecule has 0 saturated carbocycles. The Morgan fingerprint density at radius 3 is 2.39 bits per heavy atom. The molecule has 1 aliphatic heterocycles. The molecule has 0 amide bonds. The molecule has 2 heterocycles. The van der Waals surface area contributed by atoms with Gasteiger partial charge in [0.1, 0.15) is 17.1 Å². The van der Waals surface area contributed by atoms with E-state index < -0.39 is 11.4 Å². The van der Waals surface area contributed by atoms with Gasteiger partial charge in [0.05, 0.1) is 18.4 Å². The van der Waals surface area contributed by atoms with Gasteiger partial charge in [-0.15, -0.1) is 0 Å². The lowest BCUT2D eigenvalue weighted by Gasteiger charge is -2.39. The minimum absolute atomic E-state index is 0.0386. The third-order valence-corrected chi connectivity index (χ3v) is 6.83. The molecule has 1 aliphatic rings. The van der Waals surface area contributed by atoms with E-state index in [2.05, 4.69) is 32.9 Å². The number of hydrogen-bond acceptors (Lipinski definition) is 5. The van der Waals surface area contributed by atoms with Crippen LogP contribution in [0.15, 0.2) is 53.5 Å². The van der Waals surface area contributed by atoms with Gasteiger partial charge >= 0.3 is 5.97 Å². The average molecular weight is 520 g/mol. The van der Waals surface area contributed by atoms with Crippen LogP contribution in [0.3, 0.4) is 0 Å². The summed E-state index contributed by atoms with van der Waals surface area (Å²) in [4.78, 5) is 24.6. The average Bonchev–Trinajstić information content (AvgIpc) is 2.84. The van der Waals surface area contributed by atoms with Crippen molar-refractivity contribution < 1.29 is 24.1 Å². The van der Waals surface area contributed by atoms with Crippen LogP contribution in [0, 0.1) is 5.41 Å². The number of carboxylic acids is 1. The summed E-state index contributed by atoms with van der Waals surface area (Å²) in [5.41, 5.74) is 3.65. The van der Waals surface area contributed by atoms with Gasteiger partial charge in [0.15, 0.2) is 5.43 Å². The molecular formula is C31H37NO6. The standard InChI is InChI=1S/C31H37NO6/c1-19(2)38-22-10-8-20(9-11-22)24-16-23-21(14-28(24)37-13-7-12-36-6)15-29(31(3,4)5)32-18-25(30(34)35)27(33)17-26(23)32/h8-11,14,16-19,29H,7,12-13,15H2,1-6H3,(H,34,35)/t29-/m0/s1. The number of pyridine rings is 1. The third kappa shape index (κ3) is 5.78. The maximum Gasteiger partial charge on any atom is 0.341 e. The number of ether oxygens (including phenoxy) is 3. The zero-order valence-electron chi connectivity index (χ0n) is 23.0. The number of hydrogen-bond donors (Lipinski definition) is 1. The SMILES string of the molecule is COCCCOc1cc2c(cc1-c1ccc(OC(C)C)cc1)-c1cc(=O)c(C(=O)O)cn1[C@H](C(C)(C)C)C2. The molecule has 4 rings (SSSR count). The molecule has 202 valence electrons. The highest BCUT2D eigenvalue weighted by Crippen LogP contribution is 2.46. The summed E-state index contributed by atoms with van der Waals surface area (Å²) in [6.45, 7) is 11.5. The van der Waals surface area contributed by atoms with Crippen molar-refractivity contribution in [2.45, 2.75) is 59.6 Å². The van der Waals surface area contributed by atoms with Crippen molar-refractivity contribution in [3.8, 4) is 33.9 Å². The maximum absolute atomic E-state index is 12.8. The molecule has 1 N–H and O–H groups in total. The first-order chi connectivity index (χ1) is 18.0. The van der Waals surface area contributed by atoms with Crippen LogP contribution in [-0.2, 0) is 11.2 Å². The number of rotatable bonds is 9. The van der Waals surface area contributed by atoms with Crippen LogP contribution in [-0.4, -0.2) is 42.1 Å². The van der Waals surface area contributed by atoms with Gasteiger partial charge in [-0.2, -0.15) is 0 Å². The zero-order valence-corrected chi connectivity index (χ0v) is 23.0. The fraction of sp³-hybridized carbons (Fsp3) is 0.419. The van der Waals surface area contributed by atoms with E-state index in [0.717, 1.165) is 40.2 Å². The Morgan fingerprint density at radius 2 is 1.79 bits per heavy atom. The number of nitrogens with zero attached hydrogens (tertiary/aromatic N) is 1. The van der Waals surface area contributed by atoms with Gasteiger partial charge < -0.3 is 23.9 Å². The van der Waals surface area contributed by atoms with Gasteiger partial charge in [0, 0.05) is 49.6 Å². The number of aromatic carboxylic acids is 1. The lowest BCUT2D eigenvalue weighted by atomic mass is 9.78. The highest BCUT2D eigenvalue weighted by Gasteiger charge is 2.34. The fourth-order valence-corrected chi connectivity index (χ4v) is 4.96. The molecule has 1 atom stereocenters. The van der Waals surface area contributed by atoms with Gasteiger partial charge in [0.25, 0.3) is 0 Å². The molecule has 1 aromatic heterocycles. The molecule has 0 aliphatic carbocycles. The molecule has 0 fully saturated rings. The maximum atomic E-state index is 12.8. The van der Waals surface area contributed by atoms with Crippen molar-refractivity contribution in [3.63, 3.8) is 0 Å². The first-order valence-electron chi connectivity index (χ1n) is 13.0. The summed E-state index contributed by atoms with van der Waals surface area (Å²) in [7, 11) is 1.67. The second kappa shape index (κ2) is 11.0. The van der Waals surface area contributed by atoms with Crippen molar-refractivity contribution in [2.24, 2.45) is 5.41 Å². The lowest BCUT2D eigenvalue weighted by molar-refractivity contribution is 0.0693. The summed E-state index contributed by atoms with van der Waals surface area (Å²) in [6.07, 6.45) is 3.02. The number of methoxy groups -OCH3 is 1. The Labute approximate surface area is 224 Å². The van der Waals surface area contributed by atoms with Crippen LogP contribution in [0.25, 0.3) is 22.4 Å². The lowest BCUT2D eigenvalue weighted by Crippen LogP contribution is -2.32. The summed E-state index contributed by atoms with van der Waals surface area (Å²) in [5.74, 6) is 0.339. The molecule has 0 saturated heterocycles. The van der Waals surface area contributed by atoms with E-state index >= 15 is 0 Å². The number of benzene rings is 2. The fourth-order valence-electron chi connectivity index (χ4n) is 4.96. The molecule has 0 unspecified atom stereocenters. The first kappa shape index (κ1) is 27.5. The molecule has 2 aromatic carbocycles. The molecule has 38 heavy (non-hydrogen) atoms. The van der Waals surface area contributed by atoms with Crippen molar-refractivity contribution >= 4 is 5.97 Å². The van der Waals surface area contributed by atoms with Crippen LogP contribution < -0.4 is 14.9 Å². The van der Waals surface area contributed by atoms with Crippen molar-refractivity contribution in [3.05, 3.63) is 70.0 Å². The topological polar surface area (TPSA) is 87.0 Å². The largest absolute Gasteiger partial charge is 0.493 e. The molecule has 3 aromatic rings. The summed E-state index contributed by atoms with van der Waals surface area (Å²) in [5, 5.41) is 9.63. The van der Waals surface area contributed by atoms with E-state index in [-0.39, 0.29) is 23.1 Å². The normalized spacial score (nSPS) is 14.7. The van der Waals surface area contributed by atoms with E-state index in [0.29, 0.717) is 25.3 Å². The van der Waals surface area contributed by atoms with E-state index in [1.54, 1.807) is 7.11 Å². The van der Waals surface area contributed by atoms with Crippen molar-refractivity contribution in [1.82, 2.24) is 4.57 Å².